The molecule has 1 amide bonds. The second-order valence-corrected chi connectivity index (χ2v) is 8.08. The van der Waals surface area contributed by atoms with Crippen molar-refractivity contribution in [1.29, 1.82) is 0 Å². The molecule has 7 nitrogen and oxygen atoms in total. The molecule has 0 aromatic heterocycles. The van der Waals surface area contributed by atoms with E-state index in [9.17, 15) is 14.7 Å². The topological polar surface area (TPSA) is 85.3 Å². The van der Waals surface area contributed by atoms with Crippen LogP contribution >= 0.6 is 0 Å². The number of ether oxygens (including phenoxy) is 3. The molecule has 4 rings (SSSR count). The second kappa shape index (κ2) is 8.34. The zero-order valence-electron chi connectivity index (χ0n) is 17.8. The molecule has 2 aromatic rings. The molecule has 1 N–H and O–H groups in total. The molecule has 2 aliphatic heterocycles. The zero-order valence-corrected chi connectivity index (χ0v) is 17.8. The molecule has 31 heavy (non-hydrogen) atoms. The Morgan fingerprint density at radius 1 is 1.19 bits per heavy atom. The molecule has 0 spiro atoms. The molecule has 162 valence electrons. The van der Waals surface area contributed by atoms with Crippen LogP contribution in [0.1, 0.15) is 37.4 Å². The van der Waals surface area contributed by atoms with Crippen LogP contribution in [0, 0.1) is 5.92 Å². The highest BCUT2D eigenvalue weighted by Crippen LogP contribution is 2.41. The number of carbonyl (C=O) groups excluding carboxylic acids is 2. The first-order valence-electron chi connectivity index (χ1n) is 10.2. The fraction of sp³-hybridized carbons (Fsp3) is 0.333. The average molecular weight is 423 g/mol. The van der Waals surface area contributed by atoms with Crippen molar-refractivity contribution in [3.05, 3.63) is 64.9 Å². The van der Waals surface area contributed by atoms with Crippen LogP contribution in [0.15, 0.2) is 53.8 Å². The van der Waals surface area contributed by atoms with E-state index >= 15 is 0 Å². The molecule has 0 aliphatic carbocycles. The Kier molecular flexibility index (Phi) is 5.59. The number of benzene rings is 2. The van der Waals surface area contributed by atoms with E-state index < -0.39 is 17.7 Å². The maximum absolute atomic E-state index is 13.1. The number of methoxy groups -OCH3 is 1. The summed E-state index contributed by atoms with van der Waals surface area (Å²) in [6.07, 6.45) is 0.241. The fourth-order valence-electron chi connectivity index (χ4n) is 3.98. The van der Waals surface area contributed by atoms with Crippen LogP contribution in [-0.2, 0) is 16.1 Å². The van der Waals surface area contributed by atoms with Gasteiger partial charge in [-0.2, -0.15) is 0 Å². The normalized spacial score (nSPS) is 17.6. The third kappa shape index (κ3) is 3.95. The maximum Gasteiger partial charge on any atom is 0.290 e. The Labute approximate surface area is 180 Å². The number of aliphatic hydroxyl groups excluding tert-OH is 1. The minimum Gasteiger partial charge on any atom is -0.503 e. The Morgan fingerprint density at radius 2 is 1.97 bits per heavy atom. The summed E-state index contributed by atoms with van der Waals surface area (Å²) in [4.78, 5) is 27.6. The molecule has 0 saturated heterocycles. The minimum absolute atomic E-state index is 0.0942. The Bertz CT molecular complexity index is 1060. The van der Waals surface area contributed by atoms with Gasteiger partial charge in [-0.3, -0.25) is 9.59 Å². The average Bonchev–Trinajstić information content (AvgIpc) is 3.31. The first-order chi connectivity index (χ1) is 14.9. The fourth-order valence-corrected chi connectivity index (χ4v) is 3.98. The van der Waals surface area contributed by atoms with Crippen LogP contribution in [-0.4, -0.2) is 35.6 Å². The second-order valence-electron chi connectivity index (χ2n) is 8.08. The molecule has 7 heteroatoms. The number of carbonyl (C=O) groups is 2. The van der Waals surface area contributed by atoms with Crippen LogP contribution < -0.4 is 14.2 Å². The zero-order chi connectivity index (χ0) is 22.1. The summed E-state index contributed by atoms with van der Waals surface area (Å²) in [7, 11) is 1.56. The predicted octanol–water partition coefficient (Wildman–Crippen LogP) is 3.93. The number of amides is 1. The molecule has 0 fully saturated rings. The lowest BCUT2D eigenvalue weighted by molar-refractivity contribution is -0.130. The van der Waals surface area contributed by atoms with Crippen LogP contribution in [0.5, 0.6) is 17.2 Å². The Morgan fingerprint density at radius 3 is 2.71 bits per heavy atom. The third-order valence-electron chi connectivity index (χ3n) is 5.40. The van der Waals surface area contributed by atoms with Gasteiger partial charge in [0.05, 0.1) is 18.7 Å². The van der Waals surface area contributed by atoms with Gasteiger partial charge in [0.15, 0.2) is 23.0 Å². The van der Waals surface area contributed by atoms with Gasteiger partial charge in [-0.1, -0.05) is 32.0 Å². The van der Waals surface area contributed by atoms with E-state index in [0.29, 0.717) is 22.8 Å². The summed E-state index contributed by atoms with van der Waals surface area (Å²) < 4.78 is 16.1. The van der Waals surface area contributed by atoms with Crippen molar-refractivity contribution in [2.45, 2.75) is 32.9 Å². The largest absolute Gasteiger partial charge is 0.503 e. The van der Waals surface area contributed by atoms with Crippen molar-refractivity contribution >= 4 is 11.7 Å². The molecule has 2 aliphatic rings. The van der Waals surface area contributed by atoms with Crippen LogP contribution in [0.25, 0.3) is 0 Å². The van der Waals surface area contributed by atoms with Crippen molar-refractivity contribution < 1.29 is 28.9 Å². The van der Waals surface area contributed by atoms with Gasteiger partial charge in [-0.15, -0.1) is 0 Å². The van der Waals surface area contributed by atoms with E-state index in [-0.39, 0.29) is 37.0 Å². The Balaban J connectivity index is 1.74. The summed E-state index contributed by atoms with van der Waals surface area (Å²) in [6, 6.07) is 11.9. The van der Waals surface area contributed by atoms with Crippen molar-refractivity contribution in [3.8, 4) is 17.2 Å². The quantitative estimate of drug-likeness (QED) is 0.726. The van der Waals surface area contributed by atoms with Crippen LogP contribution in [0.3, 0.4) is 0 Å². The summed E-state index contributed by atoms with van der Waals surface area (Å²) in [6.45, 7) is 4.21. The smallest absolute Gasteiger partial charge is 0.290 e. The number of hydrogen-bond acceptors (Lipinski definition) is 6. The predicted molar refractivity (Wildman–Crippen MR) is 113 cm³/mol. The number of aliphatic hydroxyl groups is 1. The van der Waals surface area contributed by atoms with Gasteiger partial charge in [0.25, 0.3) is 5.91 Å². The minimum atomic E-state index is -0.709. The monoisotopic (exact) mass is 423 g/mol. The number of Topliss-reactive ketones (excluding diaryl/α,β-unsaturated/α-hetero) is 1. The standard InChI is InChI=1S/C24H25NO6/c1-14(2)9-18(26)21-22(16-5-4-6-17(11-16)29-3)25(24(28)23(21)27)12-15-7-8-19-20(10-15)31-13-30-19/h4-8,10-11,14,22,27H,9,12-13H2,1-3H3. The van der Waals surface area contributed by atoms with Gasteiger partial charge in [-0.25, -0.2) is 0 Å². The highest BCUT2D eigenvalue weighted by atomic mass is 16.7. The molecule has 1 atom stereocenters. The first kappa shape index (κ1) is 20.8. The van der Waals surface area contributed by atoms with Crippen molar-refractivity contribution in [1.82, 2.24) is 4.90 Å². The molecule has 2 heterocycles. The van der Waals surface area contributed by atoms with E-state index in [1.807, 2.05) is 32.0 Å². The number of rotatable bonds is 7. The first-order valence-corrected chi connectivity index (χ1v) is 10.2. The van der Waals surface area contributed by atoms with Gasteiger partial charge in [0, 0.05) is 13.0 Å². The van der Waals surface area contributed by atoms with E-state index in [1.54, 1.807) is 31.4 Å². The van der Waals surface area contributed by atoms with Gasteiger partial charge < -0.3 is 24.2 Å². The molecule has 2 aromatic carbocycles. The number of hydrogen-bond donors (Lipinski definition) is 1. The van der Waals surface area contributed by atoms with Crippen LogP contribution in [0.4, 0.5) is 0 Å². The summed E-state index contributed by atoms with van der Waals surface area (Å²) >= 11 is 0. The van der Waals surface area contributed by atoms with Crippen molar-refractivity contribution in [2.75, 3.05) is 13.9 Å². The van der Waals surface area contributed by atoms with Gasteiger partial charge in [-0.05, 0) is 41.3 Å². The SMILES string of the molecule is COc1cccc(C2C(C(=O)CC(C)C)=C(O)C(=O)N2Cc2ccc3c(c2)OCO3)c1. The highest BCUT2D eigenvalue weighted by molar-refractivity contribution is 6.09. The summed E-state index contributed by atoms with van der Waals surface area (Å²) in [5, 5.41) is 10.7. The van der Waals surface area contributed by atoms with Gasteiger partial charge in [0.2, 0.25) is 6.79 Å². The van der Waals surface area contributed by atoms with Crippen LogP contribution in [0.2, 0.25) is 0 Å². The summed E-state index contributed by atoms with van der Waals surface area (Å²) in [5.41, 5.74) is 1.63. The number of fused-ring (bicyclic) bond motifs is 1. The third-order valence-corrected chi connectivity index (χ3v) is 5.40. The number of nitrogens with zero attached hydrogens (tertiary/aromatic N) is 1. The summed E-state index contributed by atoms with van der Waals surface area (Å²) in [5.74, 6) is 0.662. The maximum atomic E-state index is 13.1. The molecule has 1 unspecified atom stereocenters. The van der Waals surface area contributed by atoms with E-state index in [0.717, 1.165) is 5.56 Å². The Hall–Kier alpha value is -3.48. The molecular weight excluding hydrogens is 398 g/mol. The molecule has 0 saturated carbocycles. The lowest BCUT2D eigenvalue weighted by atomic mass is 9.92. The number of ketones is 1. The lowest BCUT2D eigenvalue weighted by Crippen LogP contribution is -2.30. The van der Waals surface area contributed by atoms with Crippen molar-refractivity contribution in [3.63, 3.8) is 0 Å². The molecular formula is C24H25NO6. The van der Waals surface area contributed by atoms with Gasteiger partial charge >= 0.3 is 0 Å². The molecule has 0 radical (unpaired) electrons. The van der Waals surface area contributed by atoms with E-state index in [1.165, 1.54) is 4.90 Å². The molecule has 0 bridgehead atoms. The van der Waals surface area contributed by atoms with E-state index in [2.05, 4.69) is 0 Å². The highest BCUT2D eigenvalue weighted by Gasteiger charge is 2.43. The van der Waals surface area contributed by atoms with E-state index in [4.69, 9.17) is 14.2 Å². The van der Waals surface area contributed by atoms with Crippen molar-refractivity contribution in [2.24, 2.45) is 5.92 Å². The lowest BCUT2D eigenvalue weighted by Gasteiger charge is -2.27. The van der Waals surface area contributed by atoms with Gasteiger partial charge in [0.1, 0.15) is 5.75 Å².